The van der Waals surface area contributed by atoms with Crippen molar-refractivity contribution in [3.8, 4) is 0 Å². The lowest BCUT2D eigenvalue weighted by molar-refractivity contribution is 0.103. The third-order valence-electron chi connectivity index (χ3n) is 4.07. The van der Waals surface area contributed by atoms with Gasteiger partial charge in [0.05, 0.1) is 0 Å². The second kappa shape index (κ2) is 5.31. The lowest BCUT2D eigenvalue weighted by atomic mass is 9.90. The van der Waals surface area contributed by atoms with Crippen LogP contribution in [-0.4, -0.2) is 36.6 Å². The van der Waals surface area contributed by atoms with Crippen LogP contribution in [0.1, 0.15) is 51.9 Å². The highest BCUT2D eigenvalue weighted by molar-refractivity contribution is 4.87. The molecule has 1 unspecified atom stereocenters. The first-order chi connectivity index (χ1) is 7.31. The van der Waals surface area contributed by atoms with Gasteiger partial charge >= 0.3 is 0 Å². The summed E-state index contributed by atoms with van der Waals surface area (Å²) in [5, 5.41) is 3.68. The molecule has 0 aromatic carbocycles. The summed E-state index contributed by atoms with van der Waals surface area (Å²) in [6.07, 6.45) is 9.79. The molecule has 0 amide bonds. The molecule has 88 valence electrons. The Hall–Kier alpha value is -0.0800. The van der Waals surface area contributed by atoms with E-state index in [0.29, 0.717) is 0 Å². The van der Waals surface area contributed by atoms with Crippen LogP contribution in [-0.2, 0) is 0 Å². The standard InChI is InChI=1S/C13H26N2/c1-3-5-13(10-14-11-8-9-11)15(2)12-6-4-7-12/h11-14H,3-10H2,1-2H3. The predicted octanol–water partition coefficient (Wildman–Crippen LogP) is 2.39. The molecule has 2 aliphatic rings. The second-order valence-electron chi connectivity index (χ2n) is 5.38. The zero-order valence-corrected chi connectivity index (χ0v) is 10.3. The summed E-state index contributed by atoms with van der Waals surface area (Å²) in [5.41, 5.74) is 0. The lowest BCUT2D eigenvalue weighted by Gasteiger charge is -2.40. The minimum Gasteiger partial charge on any atom is -0.312 e. The zero-order chi connectivity index (χ0) is 10.7. The van der Waals surface area contributed by atoms with E-state index < -0.39 is 0 Å². The number of hydrogen-bond acceptors (Lipinski definition) is 2. The summed E-state index contributed by atoms with van der Waals surface area (Å²) in [4.78, 5) is 2.64. The SMILES string of the molecule is CCCC(CNC1CC1)N(C)C1CCC1. The van der Waals surface area contributed by atoms with Crippen molar-refractivity contribution in [1.82, 2.24) is 10.2 Å². The third-order valence-corrected chi connectivity index (χ3v) is 4.07. The fraction of sp³-hybridized carbons (Fsp3) is 1.00. The van der Waals surface area contributed by atoms with Gasteiger partial charge in [0, 0.05) is 24.7 Å². The summed E-state index contributed by atoms with van der Waals surface area (Å²) in [6.45, 7) is 3.52. The van der Waals surface area contributed by atoms with Crippen molar-refractivity contribution in [2.24, 2.45) is 0 Å². The van der Waals surface area contributed by atoms with Crippen molar-refractivity contribution in [3.63, 3.8) is 0 Å². The van der Waals surface area contributed by atoms with E-state index in [0.717, 1.165) is 18.1 Å². The van der Waals surface area contributed by atoms with Crippen LogP contribution in [0, 0.1) is 0 Å². The average molecular weight is 210 g/mol. The first-order valence-corrected chi connectivity index (χ1v) is 6.76. The van der Waals surface area contributed by atoms with E-state index in [1.54, 1.807) is 0 Å². The first kappa shape index (κ1) is 11.4. The molecule has 0 aromatic rings. The molecular formula is C13H26N2. The van der Waals surface area contributed by atoms with Crippen LogP contribution in [0.15, 0.2) is 0 Å². The third kappa shape index (κ3) is 3.18. The Morgan fingerprint density at radius 1 is 1.27 bits per heavy atom. The number of nitrogens with one attached hydrogen (secondary N) is 1. The van der Waals surface area contributed by atoms with Crippen LogP contribution >= 0.6 is 0 Å². The van der Waals surface area contributed by atoms with Crippen LogP contribution in [0.3, 0.4) is 0 Å². The van der Waals surface area contributed by atoms with Gasteiger partial charge in [0.15, 0.2) is 0 Å². The van der Waals surface area contributed by atoms with Crippen molar-refractivity contribution in [2.45, 2.75) is 70.0 Å². The summed E-state index contributed by atoms with van der Waals surface area (Å²) in [6, 6.07) is 2.53. The maximum atomic E-state index is 3.68. The largest absolute Gasteiger partial charge is 0.312 e. The Bertz CT molecular complexity index is 185. The van der Waals surface area contributed by atoms with Crippen LogP contribution < -0.4 is 5.32 Å². The van der Waals surface area contributed by atoms with E-state index >= 15 is 0 Å². The van der Waals surface area contributed by atoms with Crippen molar-refractivity contribution >= 4 is 0 Å². The zero-order valence-electron chi connectivity index (χ0n) is 10.3. The number of rotatable bonds is 7. The molecule has 2 aliphatic carbocycles. The molecule has 0 aliphatic heterocycles. The molecule has 1 N–H and O–H groups in total. The Morgan fingerprint density at radius 3 is 2.47 bits per heavy atom. The van der Waals surface area contributed by atoms with E-state index in [2.05, 4.69) is 24.2 Å². The maximum Gasteiger partial charge on any atom is 0.0220 e. The Kier molecular flexibility index (Phi) is 4.04. The molecule has 0 bridgehead atoms. The molecule has 2 saturated carbocycles. The highest BCUT2D eigenvalue weighted by Gasteiger charge is 2.28. The molecule has 0 spiro atoms. The van der Waals surface area contributed by atoms with Crippen LogP contribution in [0.25, 0.3) is 0 Å². The van der Waals surface area contributed by atoms with Gasteiger partial charge in [-0.25, -0.2) is 0 Å². The second-order valence-corrected chi connectivity index (χ2v) is 5.38. The minimum absolute atomic E-state index is 0.779. The van der Waals surface area contributed by atoms with Crippen molar-refractivity contribution < 1.29 is 0 Å². The Labute approximate surface area is 94.4 Å². The quantitative estimate of drug-likeness (QED) is 0.694. The van der Waals surface area contributed by atoms with Crippen LogP contribution in [0.2, 0.25) is 0 Å². The van der Waals surface area contributed by atoms with E-state index in [9.17, 15) is 0 Å². The molecule has 2 nitrogen and oxygen atoms in total. The molecule has 2 fully saturated rings. The van der Waals surface area contributed by atoms with Gasteiger partial charge < -0.3 is 5.32 Å². The monoisotopic (exact) mass is 210 g/mol. The Morgan fingerprint density at radius 2 is 2.00 bits per heavy atom. The molecule has 2 heteroatoms. The summed E-state index contributed by atoms with van der Waals surface area (Å²) >= 11 is 0. The van der Waals surface area contributed by atoms with Crippen LogP contribution in [0.5, 0.6) is 0 Å². The van der Waals surface area contributed by atoms with Gasteiger partial charge in [0.2, 0.25) is 0 Å². The smallest absolute Gasteiger partial charge is 0.0220 e. The molecule has 0 radical (unpaired) electrons. The van der Waals surface area contributed by atoms with Crippen molar-refractivity contribution in [3.05, 3.63) is 0 Å². The van der Waals surface area contributed by atoms with Gasteiger partial charge in [-0.1, -0.05) is 19.8 Å². The number of likely N-dealkylation sites (N-methyl/N-ethyl adjacent to an activating group) is 1. The van der Waals surface area contributed by atoms with E-state index in [1.807, 2.05) is 0 Å². The molecular weight excluding hydrogens is 184 g/mol. The summed E-state index contributed by atoms with van der Waals surface area (Å²) < 4.78 is 0. The molecule has 15 heavy (non-hydrogen) atoms. The van der Waals surface area contributed by atoms with Gasteiger partial charge in [-0.05, 0) is 39.2 Å². The van der Waals surface area contributed by atoms with Crippen molar-refractivity contribution in [1.29, 1.82) is 0 Å². The molecule has 0 heterocycles. The summed E-state index contributed by atoms with van der Waals surface area (Å²) in [7, 11) is 2.33. The highest BCUT2D eigenvalue weighted by atomic mass is 15.2. The predicted molar refractivity (Wildman–Crippen MR) is 65.1 cm³/mol. The van der Waals surface area contributed by atoms with Gasteiger partial charge in [-0.15, -0.1) is 0 Å². The highest BCUT2D eigenvalue weighted by Crippen LogP contribution is 2.26. The number of nitrogens with zero attached hydrogens (tertiary/aromatic N) is 1. The average Bonchev–Trinajstić information content (AvgIpc) is 2.92. The fourth-order valence-corrected chi connectivity index (χ4v) is 2.47. The van der Waals surface area contributed by atoms with E-state index in [-0.39, 0.29) is 0 Å². The Balaban J connectivity index is 1.74. The van der Waals surface area contributed by atoms with E-state index in [4.69, 9.17) is 0 Å². The van der Waals surface area contributed by atoms with Crippen molar-refractivity contribution in [2.75, 3.05) is 13.6 Å². The van der Waals surface area contributed by atoms with Gasteiger partial charge in [0.25, 0.3) is 0 Å². The lowest BCUT2D eigenvalue weighted by Crippen LogP contribution is -2.48. The van der Waals surface area contributed by atoms with Gasteiger partial charge in [-0.3, -0.25) is 4.90 Å². The molecule has 2 rings (SSSR count). The fourth-order valence-electron chi connectivity index (χ4n) is 2.47. The molecule has 0 saturated heterocycles. The normalized spacial score (nSPS) is 24.2. The summed E-state index contributed by atoms with van der Waals surface area (Å²) in [5.74, 6) is 0. The topological polar surface area (TPSA) is 15.3 Å². The van der Waals surface area contributed by atoms with Gasteiger partial charge in [0.1, 0.15) is 0 Å². The first-order valence-electron chi connectivity index (χ1n) is 6.76. The van der Waals surface area contributed by atoms with Gasteiger partial charge in [-0.2, -0.15) is 0 Å². The molecule has 1 atom stereocenters. The number of hydrogen-bond donors (Lipinski definition) is 1. The van der Waals surface area contributed by atoms with Crippen LogP contribution in [0.4, 0.5) is 0 Å². The maximum absolute atomic E-state index is 3.68. The minimum atomic E-state index is 0.779. The van der Waals surface area contributed by atoms with E-state index in [1.165, 1.54) is 51.5 Å². The molecule has 0 aromatic heterocycles.